The van der Waals surface area contributed by atoms with Gasteiger partial charge in [0.2, 0.25) is 0 Å². The highest BCUT2D eigenvalue weighted by molar-refractivity contribution is 7.09. The number of hydrogen-bond acceptors (Lipinski definition) is 4. The molecule has 0 bridgehead atoms. The maximum atomic E-state index is 12.6. The summed E-state index contributed by atoms with van der Waals surface area (Å²) >= 11 is 0.972. The van der Waals surface area contributed by atoms with Crippen molar-refractivity contribution in [3.8, 4) is 0 Å². The zero-order valence-corrected chi connectivity index (χ0v) is 16.4. The van der Waals surface area contributed by atoms with Crippen LogP contribution in [0.4, 0.5) is 13.2 Å². The number of guanidine groups is 1. The lowest BCUT2D eigenvalue weighted by Gasteiger charge is -2.15. The van der Waals surface area contributed by atoms with E-state index in [0.29, 0.717) is 17.5 Å². The van der Waals surface area contributed by atoms with Gasteiger partial charge in [0, 0.05) is 25.5 Å². The van der Waals surface area contributed by atoms with Gasteiger partial charge in [0.05, 0.1) is 6.54 Å². The van der Waals surface area contributed by atoms with Gasteiger partial charge in [-0.05, 0) is 24.7 Å². The van der Waals surface area contributed by atoms with Gasteiger partial charge in [0.15, 0.2) is 11.7 Å². The van der Waals surface area contributed by atoms with Crippen LogP contribution in [0.25, 0.3) is 0 Å². The van der Waals surface area contributed by atoms with Crippen molar-refractivity contribution in [3.63, 3.8) is 0 Å². The number of nitrogens with one attached hydrogen (secondary N) is 2. The summed E-state index contributed by atoms with van der Waals surface area (Å²) in [6.45, 7) is 4.71. The van der Waals surface area contributed by atoms with Crippen LogP contribution in [0.15, 0.2) is 34.6 Å². The number of rotatable bonds is 7. The molecule has 0 saturated heterocycles. The summed E-state index contributed by atoms with van der Waals surface area (Å²) in [5, 5.41) is 7.53. The highest BCUT2D eigenvalue weighted by Gasteiger charge is 2.33. The van der Waals surface area contributed by atoms with Crippen LogP contribution >= 0.6 is 11.3 Å². The molecule has 0 saturated carbocycles. The molecule has 9 heteroatoms. The SMILES string of the molecule is CCN(C)Cc1cccc(CNC(=NC)NCc2nc(C(F)(F)F)cs2)c1. The lowest BCUT2D eigenvalue weighted by atomic mass is 10.1. The van der Waals surface area contributed by atoms with E-state index in [-0.39, 0.29) is 6.54 Å². The fourth-order valence-corrected chi connectivity index (χ4v) is 3.09. The second kappa shape index (κ2) is 9.70. The second-order valence-electron chi connectivity index (χ2n) is 6.05. The number of hydrogen-bond donors (Lipinski definition) is 2. The molecule has 0 aliphatic heterocycles. The second-order valence-corrected chi connectivity index (χ2v) is 7.00. The van der Waals surface area contributed by atoms with Crippen LogP contribution in [0.1, 0.15) is 28.8 Å². The number of aliphatic imine (C=N–C) groups is 1. The van der Waals surface area contributed by atoms with E-state index in [0.717, 1.165) is 35.4 Å². The lowest BCUT2D eigenvalue weighted by Crippen LogP contribution is -2.36. The molecule has 0 atom stereocenters. The van der Waals surface area contributed by atoms with Gasteiger partial charge in [-0.3, -0.25) is 4.99 Å². The summed E-state index contributed by atoms with van der Waals surface area (Å²) < 4.78 is 37.8. The monoisotopic (exact) mass is 399 g/mol. The third-order valence-corrected chi connectivity index (χ3v) is 4.77. The summed E-state index contributed by atoms with van der Waals surface area (Å²) in [6.07, 6.45) is -4.41. The van der Waals surface area contributed by atoms with Crippen LogP contribution in [-0.2, 0) is 25.8 Å². The van der Waals surface area contributed by atoms with Crippen LogP contribution in [-0.4, -0.2) is 36.5 Å². The van der Waals surface area contributed by atoms with Crippen LogP contribution < -0.4 is 10.6 Å². The van der Waals surface area contributed by atoms with Gasteiger partial charge in [-0.1, -0.05) is 31.2 Å². The number of halogens is 3. The number of benzene rings is 1. The Labute approximate surface area is 161 Å². The maximum Gasteiger partial charge on any atom is 0.434 e. The van der Waals surface area contributed by atoms with Crippen LogP contribution in [0.2, 0.25) is 0 Å². The normalized spacial score (nSPS) is 12.5. The molecule has 27 heavy (non-hydrogen) atoms. The van der Waals surface area contributed by atoms with Crippen molar-refractivity contribution in [2.45, 2.75) is 32.7 Å². The van der Waals surface area contributed by atoms with E-state index < -0.39 is 11.9 Å². The van der Waals surface area contributed by atoms with Crippen LogP contribution in [0.5, 0.6) is 0 Å². The van der Waals surface area contributed by atoms with Gasteiger partial charge in [-0.15, -0.1) is 11.3 Å². The molecule has 1 aromatic heterocycles. The highest BCUT2D eigenvalue weighted by atomic mass is 32.1. The average Bonchev–Trinajstić information content (AvgIpc) is 3.11. The standard InChI is InChI=1S/C18H24F3N5S/c1-4-26(3)11-14-7-5-6-13(8-14)9-23-17(22-2)24-10-16-25-15(12-27-16)18(19,20)21/h5-8,12H,4,9-11H2,1-3H3,(H2,22,23,24). The molecule has 0 amide bonds. The molecular formula is C18H24F3N5S. The molecule has 1 aromatic carbocycles. The van der Waals surface area contributed by atoms with E-state index in [1.54, 1.807) is 7.05 Å². The van der Waals surface area contributed by atoms with Crippen molar-refractivity contribution in [3.05, 3.63) is 51.5 Å². The molecule has 0 spiro atoms. The minimum absolute atomic E-state index is 0.182. The Morgan fingerprint density at radius 2 is 1.93 bits per heavy atom. The summed E-state index contributed by atoms with van der Waals surface area (Å²) in [4.78, 5) is 9.91. The van der Waals surface area contributed by atoms with Gasteiger partial charge >= 0.3 is 6.18 Å². The summed E-state index contributed by atoms with van der Waals surface area (Å²) in [5.74, 6) is 0.509. The van der Waals surface area contributed by atoms with E-state index >= 15 is 0 Å². The average molecular weight is 399 g/mol. The van der Waals surface area contributed by atoms with Crippen molar-refractivity contribution in [1.82, 2.24) is 20.5 Å². The molecule has 5 nitrogen and oxygen atoms in total. The molecule has 2 N–H and O–H groups in total. The number of alkyl halides is 3. The quantitative estimate of drug-likeness (QED) is 0.553. The smallest absolute Gasteiger partial charge is 0.352 e. The Kier molecular flexibility index (Phi) is 7.61. The molecule has 0 aliphatic carbocycles. The van der Waals surface area contributed by atoms with Crippen molar-refractivity contribution in [2.75, 3.05) is 20.6 Å². The first-order chi connectivity index (χ1) is 12.8. The topological polar surface area (TPSA) is 52.5 Å². The fourth-order valence-electron chi connectivity index (χ4n) is 2.35. The van der Waals surface area contributed by atoms with Crippen molar-refractivity contribution >= 4 is 17.3 Å². The molecule has 148 valence electrons. The van der Waals surface area contributed by atoms with Crippen LogP contribution in [0, 0.1) is 0 Å². The molecule has 2 aromatic rings. The molecule has 1 heterocycles. The molecule has 0 aliphatic rings. The molecule has 0 unspecified atom stereocenters. The first-order valence-corrected chi connectivity index (χ1v) is 9.42. The summed E-state index contributed by atoms with van der Waals surface area (Å²) in [7, 11) is 3.68. The number of aromatic nitrogens is 1. The molecule has 2 rings (SSSR count). The van der Waals surface area contributed by atoms with Gasteiger partial charge in [-0.25, -0.2) is 4.98 Å². The third kappa shape index (κ3) is 6.84. The minimum Gasteiger partial charge on any atom is -0.352 e. The van der Waals surface area contributed by atoms with Gasteiger partial charge in [0.25, 0.3) is 0 Å². The minimum atomic E-state index is -4.41. The lowest BCUT2D eigenvalue weighted by molar-refractivity contribution is -0.140. The molecule has 0 fully saturated rings. The zero-order chi connectivity index (χ0) is 19.9. The highest BCUT2D eigenvalue weighted by Crippen LogP contribution is 2.29. The third-order valence-electron chi connectivity index (χ3n) is 3.92. The van der Waals surface area contributed by atoms with Crippen molar-refractivity contribution < 1.29 is 13.2 Å². The predicted octanol–water partition coefficient (Wildman–Crippen LogP) is 3.48. The summed E-state index contributed by atoms with van der Waals surface area (Å²) in [5.41, 5.74) is 1.47. The number of thiazole rings is 1. The van der Waals surface area contributed by atoms with E-state index in [1.165, 1.54) is 5.56 Å². The van der Waals surface area contributed by atoms with Gasteiger partial charge in [0.1, 0.15) is 5.01 Å². The Morgan fingerprint density at radius 1 is 1.22 bits per heavy atom. The Bertz CT molecular complexity index is 757. The first kappa shape index (κ1) is 21.2. The van der Waals surface area contributed by atoms with E-state index in [2.05, 4.69) is 51.6 Å². The Hall–Kier alpha value is -2.13. The Balaban J connectivity index is 1.87. The largest absolute Gasteiger partial charge is 0.434 e. The van der Waals surface area contributed by atoms with E-state index in [4.69, 9.17) is 0 Å². The Morgan fingerprint density at radius 3 is 2.56 bits per heavy atom. The predicted molar refractivity (Wildman–Crippen MR) is 103 cm³/mol. The first-order valence-electron chi connectivity index (χ1n) is 8.54. The van der Waals surface area contributed by atoms with Crippen molar-refractivity contribution in [1.29, 1.82) is 0 Å². The fraction of sp³-hybridized carbons (Fsp3) is 0.444. The van der Waals surface area contributed by atoms with E-state index in [1.807, 2.05) is 12.1 Å². The molecule has 0 radical (unpaired) electrons. The van der Waals surface area contributed by atoms with Crippen molar-refractivity contribution in [2.24, 2.45) is 4.99 Å². The summed E-state index contributed by atoms with van der Waals surface area (Å²) in [6, 6.07) is 8.25. The maximum absolute atomic E-state index is 12.6. The van der Waals surface area contributed by atoms with Gasteiger partial charge < -0.3 is 15.5 Å². The van der Waals surface area contributed by atoms with Crippen LogP contribution in [0.3, 0.4) is 0 Å². The molecular weight excluding hydrogens is 375 g/mol. The zero-order valence-electron chi connectivity index (χ0n) is 15.6. The van der Waals surface area contributed by atoms with E-state index in [9.17, 15) is 13.2 Å². The number of nitrogens with zero attached hydrogens (tertiary/aromatic N) is 3. The van der Waals surface area contributed by atoms with Gasteiger partial charge in [-0.2, -0.15) is 13.2 Å².